The van der Waals surface area contributed by atoms with Crippen LogP contribution in [-0.4, -0.2) is 25.7 Å². The Bertz CT molecular complexity index is 665. The molecule has 0 bridgehead atoms. The van der Waals surface area contributed by atoms with Crippen LogP contribution < -0.4 is 11.1 Å². The summed E-state index contributed by atoms with van der Waals surface area (Å²) in [5, 5.41) is 3.53. The van der Waals surface area contributed by atoms with Crippen LogP contribution in [0.3, 0.4) is 0 Å². The van der Waals surface area contributed by atoms with Crippen molar-refractivity contribution in [3.8, 4) is 0 Å². The number of hydrogen-bond acceptors (Lipinski definition) is 4. The Morgan fingerprint density at radius 1 is 1.43 bits per heavy atom. The molecular weight excluding hydrogens is 291 g/mol. The number of benzene rings is 1. The van der Waals surface area contributed by atoms with Gasteiger partial charge in [-0.15, -0.1) is 11.3 Å². The van der Waals surface area contributed by atoms with E-state index in [1.165, 1.54) is 23.5 Å². The summed E-state index contributed by atoms with van der Waals surface area (Å²) in [6.07, 6.45) is 1.93. The largest absolute Gasteiger partial charge is 0.397 e. The highest BCUT2D eigenvalue weighted by Gasteiger charge is 2.19. The van der Waals surface area contributed by atoms with Gasteiger partial charge in [-0.2, -0.15) is 0 Å². The fraction of sp³-hybridized carbons (Fsp3) is 0.400. The Morgan fingerprint density at radius 2 is 2.19 bits per heavy atom. The van der Waals surface area contributed by atoms with Crippen molar-refractivity contribution in [1.82, 2.24) is 5.32 Å². The smallest absolute Gasteiger partial charge is 0.263 e. The molecule has 4 nitrogen and oxygen atoms in total. The molecule has 3 rings (SSSR count). The number of rotatable bonds is 3. The number of halogens is 1. The lowest BCUT2D eigenvalue weighted by molar-refractivity contribution is 0.0643. The van der Waals surface area contributed by atoms with Crippen molar-refractivity contribution >= 4 is 33.0 Å². The van der Waals surface area contributed by atoms with E-state index in [1.54, 1.807) is 6.07 Å². The molecule has 0 unspecified atom stereocenters. The third-order valence-electron chi connectivity index (χ3n) is 3.79. The van der Waals surface area contributed by atoms with E-state index in [0.717, 1.165) is 30.8 Å². The van der Waals surface area contributed by atoms with Crippen molar-refractivity contribution in [3.05, 3.63) is 28.9 Å². The van der Waals surface area contributed by atoms with Crippen molar-refractivity contribution in [3.63, 3.8) is 0 Å². The van der Waals surface area contributed by atoms with Crippen molar-refractivity contribution < 1.29 is 13.9 Å². The first-order valence-electron chi connectivity index (χ1n) is 6.98. The van der Waals surface area contributed by atoms with Crippen LogP contribution >= 0.6 is 11.3 Å². The first-order chi connectivity index (χ1) is 10.1. The van der Waals surface area contributed by atoms with E-state index < -0.39 is 0 Å². The van der Waals surface area contributed by atoms with Gasteiger partial charge in [-0.1, -0.05) is 0 Å². The molecule has 1 aliphatic heterocycles. The van der Waals surface area contributed by atoms with E-state index in [1.807, 2.05) is 0 Å². The first-order valence-corrected chi connectivity index (χ1v) is 7.80. The van der Waals surface area contributed by atoms with Gasteiger partial charge in [-0.25, -0.2) is 4.39 Å². The fourth-order valence-electron chi connectivity index (χ4n) is 2.53. The summed E-state index contributed by atoms with van der Waals surface area (Å²) < 4.78 is 19.4. The van der Waals surface area contributed by atoms with Gasteiger partial charge < -0.3 is 15.8 Å². The molecule has 1 aromatic carbocycles. The molecule has 0 saturated carbocycles. The van der Waals surface area contributed by atoms with Crippen LogP contribution in [0.15, 0.2) is 18.2 Å². The number of nitrogens with two attached hydrogens (primary N) is 1. The summed E-state index contributed by atoms with van der Waals surface area (Å²) in [5.41, 5.74) is 6.34. The van der Waals surface area contributed by atoms with Gasteiger partial charge in [0.2, 0.25) is 0 Å². The number of ether oxygens (including phenoxy) is 1. The van der Waals surface area contributed by atoms with Gasteiger partial charge in [0.1, 0.15) is 10.7 Å². The third kappa shape index (κ3) is 3.01. The van der Waals surface area contributed by atoms with E-state index in [9.17, 15) is 9.18 Å². The molecule has 2 aromatic rings. The standard InChI is InChI=1S/C15H17FN2O2S/c16-10-1-2-12-11(7-10)13(17)14(21-12)15(19)18-8-9-3-5-20-6-4-9/h1-2,7,9H,3-6,8,17H2,(H,18,19). The molecule has 21 heavy (non-hydrogen) atoms. The minimum Gasteiger partial charge on any atom is -0.397 e. The van der Waals surface area contributed by atoms with Gasteiger partial charge in [0.15, 0.2) is 0 Å². The monoisotopic (exact) mass is 308 g/mol. The van der Waals surface area contributed by atoms with Crippen LogP contribution in [0.5, 0.6) is 0 Å². The SMILES string of the molecule is Nc1c(C(=O)NCC2CCOCC2)sc2ccc(F)cc12. The number of carbonyl (C=O) groups is 1. The molecule has 112 valence electrons. The highest BCUT2D eigenvalue weighted by molar-refractivity contribution is 7.21. The van der Waals surface area contributed by atoms with E-state index in [4.69, 9.17) is 10.5 Å². The van der Waals surface area contributed by atoms with Crippen LogP contribution in [0.1, 0.15) is 22.5 Å². The van der Waals surface area contributed by atoms with E-state index in [-0.39, 0.29) is 11.7 Å². The summed E-state index contributed by atoms with van der Waals surface area (Å²) in [7, 11) is 0. The summed E-state index contributed by atoms with van der Waals surface area (Å²) in [4.78, 5) is 12.7. The molecule has 0 radical (unpaired) electrons. The van der Waals surface area contributed by atoms with Gasteiger partial charge in [-0.05, 0) is 37.0 Å². The zero-order valence-corrected chi connectivity index (χ0v) is 12.3. The van der Waals surface area contributed by atoms with Gasteiger partial charge in [0.05, 0.1) is 5.69 Å². The highest BCUT2D eigenvalue weighted by Crippen LogP contribution is 2.34. The van der Waals surface area contributed by atoms with Crippen molar-refractivity contribution in [1.29, 1.82) is 0 Å². The zero-order valence-electron chi connectivity index (χ0n) is 11.5. The maximum absolute atomic E-state index is 13.3. The predicted octanol–water partition coefficient (Wildman–Crippen LogP) is 2.78. The van der Waals surface area contributed by atoms with E-state index >= 15 is 0 Å². The first kappa shape index (κ1) is 14.3. The van der Waals surface area contributed by atoms with Gasteiger partial charge in [0, 0.05) is 29.8 Å². The molecule has 2 heterocycles. The number of anilines is 1. The number of amides is 1. The second-order valence-corrected chi connectivity index (χ2v) is 6.30. The Morgan fingerprint density at radius 3 is 2.95 bits per heavy atom. The molecular formula is C15H17FN2O2S. The van der Waals surface area contributed by atoms with Crippen LogP contribution in [0, 0.1) is 11.7 Å². The van der Waals surface area contributed by atoms with Crippen molar-refractivity contribution in [2.75, 3.05) is 25.5 Å². The number of carbonyl (C=O) groups excluding carboxylic acids is 1. The van der Waals surface area contributed by atoms with Gasteiger partial charge >= 0.3 is 0 Å². The normalized spacial score (nSPS) is 16.2. The molecule has 6 heteroatoms. The van der Waals surface area contributed by atoms with E-state index in [0.29, 0.717) is 28.4 Å². The number of fused-ring (bicyclic) bond motifs is 1. The second-order valence-electron chi connectivity index (χ2n) is 5.25. The lowest BCUT2D eigenvalue weighted by Gasteiger charge is -2.22. The highest BCUT2D eigenvalue weighted by atomic mass is 32.1. The van der Waals surface area contributed by atoms with Gasteiger partial charge in [0.25, 0.3) is 5.91 Å². The Kier molecular flexibility index (Phi) is 4.07. The fourth-order valence-corrected chi connectivity index (χ4v) is 3.55. The summed E-state index contributed by atoms with van der Waals surface area (Å²) in [5.74, 6) is -0.0717. The van der Waals surface area contributed by atoms with Crippen LogP contribution in [0.25, 0.3) is 10.1 Å². The minimum absolute atomic E-state index is 0.180. The lowest BCUT2D eigenvalue weighted by Crippen LogP contribution is -2.32. The maximum atomic E-state index is 13.3. The molecule has 1 fully saturated rings. The van der Waals surface area contributed by atoms with Crippen molar-refractivity contribution in [2.24, 2.45) is 5.92 Å². The van der Waals surface area contributed by atoms with Crippen molar-refractivity contribution in [2.45, 2.75) is 12.8 Å². The zero-order chi connectivity index (χ0) is 14.8. The van der Waals surface area contributed by atoms with Crippen LogP contribution in [-0.2, 0) is 4.74 Å². The number of nitrogen functional groups attached to an aromatic ring is 1. The molecule has 1 aliphatic rings. The molecule has 0 aliphatic carbocycles. The third-order valence-corrected chi connectivity index (χ3v) is 4.97. The number of hydrogen-bond donors (Lipinski definition) is 2. The summed E-state index contributed by atoms with van der Waals surface area (Å²) in [6.45, 7) is 2.14. The molecule has 0 spiro atoms. The van der Waals surface area contributed by atoms with Gasteiger partial charge in [-0.3, -0.25) is 4.79 Å². The molecule has 3 N–H and O–H groups in total. The minimum atomic E-state index is -0.346. The molecule has 1 aromatic heterocycles. The summed E-state index contributed by atoms with van der Waals surface area (Å²) >= 11 is 1.30. The second kappa shape index (κ2) is 5.99. The lowest BCUT2D eigenvalue weighted by atomic mass is 10.0. The maximum Gasteiger partial charge on any atom is 0.263 e. The van der Waals surface area contributed by atoms with Crippen LogP contribution in [0.4, 0.5) is 10.1 Å². The Balaban J connectivity index is 1.73. The topological polar surface area (TPSA) is 64.4 Å². The number of nitrogens with one attached hydrogen (secondary N) is 1. The molecule has 1 saturated heterocycles. The summed E-state index contributed by atoms with van der Waals surface area (Å²) in [6, 6.07) is 4.40. The Hall–Kier alpha value is -1.66. The predicted molar refractivity (Wildman–Crippen MR) is 82.1 cm³/mol. The molecule has 1 amide bonds. The van der Waals surface area contributed by atoms with Crippen LogP contribution in [0.2, 0.25) is 0 Å². The average molecular weight is 308 g/mol. The van der Waals surface area contributed by atoms with E-state index in [2.05, 4.69) is 5.32 Å². The Labute approximate surface area is 126 Å². The molecule has 0 atom stereocenters. The number of thiophene rings is 1. The average Bonchev–Trinajstić information content (AvgIpc) is 2.83. The quantitative estimate of drug-likeness (QED) is 0.916.